The van der Waals surface area contributed by atoms with E-state index in [-0.39, 0.29) is 6.10 Å². The van der Waals surface area contributed by atoms with Crippen LogP contribution in [-0.2, 0) is 11.3 Å². The number of benzene rings is 1. The van der Waals surface area contributed by atoms with Crippen LogP contribution in [0, 0.1) is 5.92 Å². The molecule has 2 rings (SSSR count). The van der Waals surface area contributed by atoms with Gasteiger partial charge in [-0.25, -0.2) is 0 Å². The molecule has 1 unspecified atom stereocenters. The van der Waals surface area contributed by atoms with Crippen LogP contribution in [0.25, 0.3) is 0 Å². The summed E-state index contributed by atoms with van der Waals surface area (Å²) in [5.41, 5.74) is 1.21. The molecule has 134 valence electrons. The van der Waals surface area contributed by atoms with E-state index in [2.05, 4.69) is 62.4 Å². The van der Waals surface area contributed by atoms with Crippen molar-refractivity contribution in [2.24, 2.45) is 10.9 Å². The molecule has 1 heterocycles. The Morgan fingerprint density at radius 3 is 2.96 bits per heavy atom. The van der Waals surface area contributed by atoms with Crippen molar-refractivity contribution in [3.63, 3.8) is 0 Å². The molecule has 0 aliphatic carbocycles. The van der Waals surface area contributed by atoms with Crippen LogP contribution in [0.3, 0.4) is 0 Å². The first kappa shape index (κ1) is 19.2. The highest BCUT2D eigenvalue weighted by molar-refractivity contribution is 9.10. The molecular weight excluding hydrogens is 368 g/mol. The summed E-state index contributed by atoms with van der Waals surface area (Å²) in [7, 11) is 1.79. The minimum absolute atomic E-state index is 0.210. The molecule has 0 aromatic heterocycles. The molecule has 1 saturated heterocycles. The Morgan fingerprint density at radius 2 is 2.25 bits per heavy atom. The fourth-order valence-corrected chi connectivity index (χ4v) is 3.30. The molecule has 0 spiro atoms. The molecule has 1 atom stereocenters. The third kappa shape index (κ3) is 6.79. The van der Waals surface area contributed by atoms with Gasteiger partial charge in [-0.2, -0.15) is 0 Å². The zero-order chi connectivity index (χ0) is 17.4. The highest BCUT2D eigenvalue weighted by Gasteiger charge is 2.20. The van der Waals surface area contributed by atoms with Crippen LogP contribution in [0.2, 0.25) is 0 Å². The van der Waals surface area contributed by atoms with Crippen molar-refractivity contribution in [1.29, 1.82) is 0 Å². The average molecular weight is 397 g/mol. The number of rotatable bonds is 6. The van der Waals surface area contributed by atoms with Crippen LogP contribution in [0.4, 0.5) is 0 Å². The largest absolute Gasteiger partial charge is 0.374 e. The molecule has 0 radical (unpaired) electrons. The Kier molecular flexibility index (Phi) is 8.02. The summed E-state index contributed by atoms with van der Waals surface area (Å²) in [6.45, 7) is 9.99. The SMILES string of the molecule is CN=C(NCc1cccc(Br)c1)NCC1CN(CC(C)C)CCO1. The van der Waals surface area contributed by atoms with Crippen LogP contribution in [0.1, 0.15) is 19.4 Å². The first-order valence-corrected chi connectivity index (χ1v) is 9.39. The topological polar surface area (TPSA) is 48.9 Å². The van der Waals surface area contributed by atoms with Crippen LogP contribution in [0.15, 0.2) is 33.7 Å². The zero-order valence-corrected chi connectivity index (χ0v) is 16.5. The van der Waals surface area contributed by atoms with Crippen molar-refractivity contribution in [1.82, 2.24) is 15.5 Å². The first-order chi connectivity index (χ1) is 11.6. The molecule has 1 aliphatic rings. The Balaban J connectivity index is 1.75. The van der Waals surface area contributed by atoms with E-state index in [4.69, 9.17) is 4.74 Å². The number of nitrogens with zero attached hydrogens (tertiary/aromatic N) is 2. The van der Waals surface area contributed by atoms with Crippen LogP contribution < -0.4 is 10.6 Å². The van der Waals surface area contributed by atoms with Gasteiger partial charge in [0, 0.05) is 44.2 Å². The fraction of sp³-hybridized carbons (Fsp3) is 0.611. The minimum Gasteiger partial charge on any atom is -0.374 e. The zero-order valence-electron chi connectivity index (χ0n) is 14.9. The molecule has 1 aromatic carbocycles. The highest BCUT2D eigenvalue weighted by Crippen LogP contribution is 2.11. The average Bonchev–Trinajstić information content (AvgIpc) is 2.55. The molecule has 1 fully saturated rings. The van der Waals surface area contributed by atoms with Crippen molar-refractivity contribution in [3.05, 3.63) is 34.3 Å². The van der Waals surface area contributed by atoms with Crippen molar-refractivity contribution in [2.75, 3.05) is 39.8 Å². The molecular formula is C18H29BrN4O. The molecule has 1 aromatic rings. The van der Waals surface area contributed by atoms with Crippen molar-refractivity contribution < 1.29 is 4.74 Å². The molecule has 5 nitrogen and oxygen atoms in total. The van der Waals surface area contributed by atoms with Gasteiger partial charge in [0.1, 0.15) is 0 Å². The standard InChI is InChI=1S/C18H29BrN4O/c1-14(2)12-23-7-8-24-17(13-23)11-22-18(20-3)21-10-15-5-4-6-16(19)9-15/h4-6,9,14,17H,7-8,10-13H2,1-3H3,(H2,20,21,22). The summed E-state index contributed by atoms with van der Waals surface area (Å²) in [4.78, 5) is 6.78. The van der Waals surface area contributed by atoms with Gasteiger partial charge < -0.3 is 15.4 Å². The van der Waals surface area contributed by atoms with Crippen molar-refractivity contribution >= 4 is 21.9 Å². The van der Waals surface area contributed by atoms with E-state index in [0.717, 1.165) is 49.8 Å². The predicted octanol–water partition coefficient (Wildman–Crippen LogP) is 2.47. The normalized spacial score (nSPS) is 19.5. The summed E-state index contributed by atoms with van der Waals surface area (Å²) in [6, 6.07) is 8.27. The minimum atomic E-state index is 0.210. The van der Waals surface area contributed by atoms with E-state index in [9.17, 15) is 0 Å². The summed E-state index contributed by atoms with van der Waals surface area (Å²) in [6.07, 6.45) is 0.210. The Hall–Kier alpha value is -1.11. The number of hydrogen-bond acceptors (Lipinski definition) is 3. The van der Waals surface area contributed by atoms with Gasteiger partial charge in [-0.1, -0.05) is 41.9 Å². The first-order valence-electron chi connectivity index (χ1n) is 8.59. The lowest BCUT2D eigenvalue weighted by molar-refractivity contribution is -0.0284. The van der Waals surface area contributed by atoms with Crippen LogP contribution in [-0.4, -0.2) is 56.8 Å². The van der Waals surface area contributed by atoms with Gasteiger partial charge in [0.05, 0.1) is 12.7 Å². The van der Waals surface area contributed by atoms with E-state index >= 15 is 0 Å². The quantitative estimate of drug-likeness (QED) is 0.572. The lowest BCUT2D eigenvalue weighted by atomic mass is 10.2. The number of nitrogens with one attached hydrogen (secondary N) is 2. The number of morpholine rings is 1. The second-order valence-electron chi connectivity index (χ2n) is 6.58. The Morgan fingerprint density at radius 1 is 1.42 bits per heavy atom. The molecule has 1 aliphatic heterocycles. The third-order valence-corrected chi connectivity index (χ3v) is 4.41. The summed E-state index contributed by atoms with van der Waals surface area (Å²) < 4.78 is 6.96. The second-order valence-corrected chi connectivity index (χ2v) is 7.50. The Labute approximate surface area is 154 Å². The summed E-state index contributed by atoms with van der Waals surface area (Å²) in [5, 5.41) is 6.72. The molecule has 2 N–H and O–H groups in total. The highest BCUT2D eigenvalue weighted by atomic mass is 79.9. The maximum atomic E-state index is 5.87. The number of ether oxygens (including phenoxy) is 1. The molecule has 0 saturated carbocycles. The Bertz CT molecular complexity index is 536. The van der Waals surface area contributed by atoms with E-state index in [1.807, 2.05) is 12.1 Å². The maximum Gasteiger partial charge on any atom is 0.191 e. The number of hydrogen-bond donors (Lipinski definition) is 2. The van der Waals surface area contributed by atoms with Crippen LogP contribution >= 0.6 is 15.9 Å². The van der Waals surface area contributed by atoms with E-state index < -0.39 is 0 Å². The summed E-state index contributed by atoms with van der Waals surface area (Å²) in [5.74, 6) is 1.50. The third-order valence-electron chi connectivity index (χ3n) is 3.92. The molecule has 0 bridgehead atoms. The molecule has 0 amide bonds. The van der Waals surface area contributed by atoms with E-state index in [1.54, 1.807) is 7.05 Å². The summed E-state index contributed by atoms with van der Waals surface area (Å²) >= 11 is 3.50. The van der Waals surface area contributed by atoms with Crippen molar-refractivity contribution in [2.45, 2.75) is 26.5 Å². The van der Waals surface area contributed by atoms with Gasteiger partial charge in [-0.3, -0.25) is 9.89 Å². The fourth-order valence-electron chi connectivity index (χ4n) is 2.85. The van der Waals surface area contributed by atoms with Crippen LogP contribution in [0.5, 0.6) is 0 Å². The monoisotopic (exact) mass is 396 g/mol. The second kappa shape index (κ2) is 10.0. The lowest BCUT2D eigenvalue weighted by Crippen LogP contribution is -2.50. The number of aliphatic imine (C=N–C) groups is 1. The van der Waals surface area contributed by atoms with Gasteiger partial charge in [0.25, 0.3) is 0 Å². The van der Waals surface area contributed by atoms with Gasteiger partial charge in [0.2, 0.25) is 0 Å². The van der Waals surface area contributed by atoms with Crippen molar-refractivity contribution in [3.8, 4) is 0 Å². The number of halogens is 1. The number of guanidine groups is 1. The van der Waals surface area contributed by atoms with Gasteiger partial charge >= 0.3 is 0 Å². The van der Waals surface area contributed by atoms with Gasteiger partial charge in [-0.05, 0) is 23.6 Å². The lowest BCUT2D eigenvalue weighted by Gasteiger charge is -2.34. The van der Waals surface area contributed by atoms with E-state index in [0.29, 0.717) is 5.92 Å². The predicted molar refractivity (Wildman–Crippen MR) is 103 cm³/mol. The molecule has 24 heavy (non-hydrogen) atoms. The van der Waals surface area contributed by atoms with Gasteiger partial charge in [0.15, 0.2) is 5.96 Å². The van der Waals surface area contributed by atoms with E-state index in [1.165, 1.54) is 5.56 Å². The maximum absolute atomic E-state index is 5.87. The molecule has 6 heteroatoms. The van der Waals surface area contributed by atoms with Gasteiger partial charge in [-0.15, -0.1) is 0 Å². The smallest absolute Gasteiger partial charge is 0.191 e.